The summed E-state index contributed by atoms with van der Waals surface area (Å²) < 4.78 is 63.9. The summed E-state index contributed by atoms with van der Waals surface area (Å²) in [5, 5.41) is 2.28. The van der Waals surface area contributed by atoms with E-state index in [9.17, 15) is 13.6 Å². The normalized spacial score (nSPS) is 22.1. The molecule has 11 heteroatoms. The molecule has 1 aromatic heterocycles. The van der Waals surface area contributed by atoms with Crippen molar-refractivity contribution in [1.29, 1.82) is 0 Å². The zero-order valence-electron chi connectivity index (χ0n) is 16.1. The zero-order chi connectivity index (χ0) is 22.5. The van der Waals surface area contributed by atoms with Crippen LogP contribution >= 0.6 is 11.6 Å². The summed E-state index contributed by atoms with van der Waals surface area (Å²) in [7, 11) is 0. The van der Waals surface area contributed by atoms with Crippen molar-refractivity contribution in [2.75, 3.05) is 5.32 Å². The van der Waals surface area contributed by atoms with Gasteiger partial charge in [-0.05, 0) is 45.0 Å². The van der Waals surface area contributed by atoms with Gasteiger partial charge in [0.2, 0.25) is 0 Å². The molecule has 30 heavy (non-hydrogen) atoms. The van der Waals surface area contributed by atoms with E-state index in [1.165, 1.54) is 0 Å². The van der Waals surface area contributed by atoms with Gasteiger partial charge in [0.05, 0.1) is 5.02 Å². The number of nitrogens with zero attached hydrogens (tertiary/aromatic N) is 2. The van der Waals surface area contributed by atoms with Crippen LogP contribution in [-0.4, -0.2) is 28.4 Å². The highest BCUT2D eigenvalue weighted by Gasteiger charge is 2.66. The number of benzene rings is 1. The molecule has 3 rings (SSSR count). The van der Waals surface area contributed by atoms with E-state index in [2.05, 4.69) is 15.3 Å². The Balaban J connectivity index is 2.03. The van der Waals surface area contributed by atoms with Crippen molar-refractivity contribution in [3.8, 4) is 0 Å². The largest absolute Gasteiger partial charge is 0.453 e. The van der Waals surface area contributed by atoms with Gasteiger partial charge in [-0.2, -0.15) is 8.78 Å². The maximum atomic E-state index is 15.2. The van der Waals surface area contributed by atoms with E-state index in [4.69, 9.17) is 22.1 Å². The van der Waals surface area contributed by atoms with Crippen molar-refractivity contribution in [3.63, 3.8) is 0 Å². The average molecular weight is 445 g/mol. The molecule has 0 saturated heterocycles. The molecule has 1 unspecified atom stereocenters. The molecule has 1 aliphatic rings. The van der Waals surface area contributed by atoms with Crippen LogP contribution in [0, 0.1) is 11.6 Å². The predicted octanol–water partition coefficient (Wildman–Crippen LogP) is 4.24. The average Bonchev–Trinajstić information content (AvgIpc) is 2.61. The Bertz CT molecular complexity index is 1060. The lowest BCUT2D eigenvalue weighted by molar-refractivity contribution is -0.207. The lowest BCUT2D eigenvalue weighted by atomic mass is 9.77. The smallest absolute Gasteiger partial charge is 0.315 e. The van der Waals surface area contributed by atoms with Crippen LogP contribution in [0.15, 0.2) is 35.5 Å². The highest BCUT2D eigenvalue weighted by Crippen LogP contribution is 2.51. The molecule has 6 nitrogen and oxygen atoms in total. The Kier molecular flexibility index (Phi) is 5.18. The molecule has 160 valence electrons. The van der Waals surface area contributed by atoms with Gasteiger partial charge < -0.3 is 15.8 Å². The van der Waals surface area contributed by atoms with Gasteiger partial charge in [-0.15, -0.1) is 0 Å². The van der Waals surface area contributed by atoms with Crippen LogP contribution in [0.2, 0.25) is 5.02 Å². The molecular formula is C19H17ClF4N4O2. The molecule has 0 saturated carbocycles. The van der Waals surface area contributed by atoms with Crippen LogP contribution in [0.5, 0.6) is 0 Å². The lowest BCUT2D eigenvalue weighted by Crippen LogP contribution is -2.62. The maximum Gasteiger partial charge on any atom is 0.315 e. The molecule has 0 fully saturated rings. The summed E-state index contributed by atoms with van der Waals surface area (Å²) in [5.41, 5.74) is -0.152. The first-order valence-corrected chi connectivity index (χ1v) is 9.01. The van der Waals surface area contributed by atoms with Crippen LogP contribution < -0.4 is 11.1 Å². The summed E-state index contributed by atoms with van der Waals surface area (Å²) in [6, 6.07) is 3.35. The molecule has 1 amide bonds. The number of aromatic nitrogens is 1. The third kappa shape index (κ3) is 3.45. The van der Waals surface area contributed by atoms with Gasteiger partial charge in [-0.25, -0.2) is 18.8 Å². The quantitative estimate of drug-likeness (QED) is 0.693. The van der Waals surface area contributed by atoms with Crippen LogP contribution in [0.3, 0.4) is 0 Å². The number of nitrogens with one attached hydrogen (secondary N) is 1. The molecule has 0 spiro atoms. The number of carbonyl (C=O) groups is 1. The van der Waals surface area contributed by atoms with Gasteiger partial charge in [-0.3, -0.25) is 4.79 Å². The van der Waals surface area contributed by atoms with Crippen LogP contribution in [0.4, 0.5) is 23.2 Å². The highest BCUT2D eigenvalue weighted by atomic mass is 35.5. The second-order valence-corrected chi connectivity index (χ2v) is 7.78. The number of rotatable bonds is 3. The molecule has 0 bridgehead atoms. The number of pyridine rings is 1. The van der Waals surface area contributed by atoms with Crippen molar-refractivity contribution >= 4 is 29.2 Å². The van der Waals surface area contributed by atoms with E-state index in [0.717, 1.165) is 51.2 Å². The number of nitrogens with two attached hydrogens (primary N) is 1. The predicted molar refractivity (Wildman–Crippen MR) is 103 cm³/mol. The minimum Gasteiger partial charge on any atom is -0.453 e. The fourth-order valence-corrected chi connectivity index (χ4v) is 3.35. The van der Waals surface area contributed by atoms with Crippen LogP contribution in [0.25, 0.3) is 0 Å². The molecule has 1 aromatic carbocycles. The fraction of sp³-hybridized carbons (Fsp3) is 0.316. The number of hydrogen-bond donors (Lipinski definition) is 2. The van der Waals surface area contributed by atoms with Gasteiger partial charge in [-0.1, -0.05) is 11.6 Å². The number of carbonyl (C=O) groups excluding carboxylic acids is 1. The second-order valence-electron chi connectivity index (χ2n) is 7.34. The Morgan fingerprint density at radius 2 is 1.83 bits per heavy atom. The summed E-state index contributed by atoms with van der Waals surface area (Å²) in [4.78, 5) is 19.6. The first-order chi connectivity index (χ1) is 13.8. The minimum atomic E-state index is -3.68. The third-order valence-corrected chi connectivity index (χ3v) is 5.04. The van der Waals surface area contributed by atoms with E-state index < -0.39 is 51.9 Å². The molecule has 1 aliphatic heterocycles. The molecule has 2 aromatic rings. The molecule has 2 heterocycles. The van der Waals surface area contributed by atoms with Crippen molar-refractivity contribution < 1.29 is 27.1 Å². The SMILES string of the molecule is CC1(C)OC(N)=NC(C)(c2cc(NC(=O)c3ncc(Cl)cc3F)ccc2F)C1(F)F. The Morgan fingerprint density at radius 1 is 1.17 bits per heavy atom. The number of ether oxygens (including phenoxy) is 1. The lowest BCUT2D eigenvalue weighted by Gasteiger charge is -2.46. The number of aliphatic imine (C=N–C) groups is 1. The number of hydrogen-bond acceptors (Lipinski definition) is 5. The van der Waals surface area contributed by atoms with Crippen molar-refractivity contribution in [2.24, 2.45) is 10.7 Å². The number of anilines is 1. The van der Waals surface area contributed by atoms with Gasteiger partial charge in [0.15, 0.2) is 22.7 Å². The maximum absolute atomic E-state index is 15.2. The first-order valence-electron chi connectivity index (χ1n) is 8.63. The van der Waals surface area contributed by atoms with E-state index in [0.29, 0.717) is 0 Å². The Labute approximate surface area is 174 Å². The van der Waals surface area contributed by atoms with E-state index in [1.54, 1.807) is 0 Å². The number of halogens is 5. The van der Waals surface area contributed by atoms with Crippen LogP contribution in [0.1, 0.15) is 36.8 Å². The van der Waals surface area contributed by atoms with E-state index in [1.807, 2.05) is 0 Å². The first kappa shape index (κ1) is 21.8. The summed E-state index contributed by atoms with van der Waals surface area (Å²) >= 11 is 5.60. The van der Waals surface area contributed by atoms with Crippen LogP contribution in [-0.2, 0) is 10.3 Å². The highest BCUT2D eigenvalue weighted by molar-refractivity contribution is 6.30. The zero-order valence-corrected chi connectivity index (χ0v) is 16.8. The number of amides is 1. The summed E-state index contributed by atoms with van der Waals surface area (Å²) in [6.07, 6.45) is 1.07. The second kappa shape index (κ2) is 7.12. The van der Waals surface area contributed by atoms with Crippen molar-refractivity contribution in [3.05, 3.63) is 58.4 Å². The standard InChI is InChI=1S/C19H17ClF4N4O2/c1-17(2)19(23,24)18(3,28-16(25)30-17)11-7-10(4-5-12(11)21)27-15(29)14-13(22)6-9(20)8-26-14/h4-8H,1-3H3,(H2,25,28)(H,27,29). The summed E-state index contributed by atoms with van der Waals surface area (Å²) in [5.74, 6) is -6.64. The molecule has 1 atom stereocenters. The minimum absolute atomic E-state index is 0.0131. The number of alkyl halides is 2. The monoisotopic (exact) mass is 444 g/mol. The van der Waals surface area contributed by atoms with Gasteiger partial charge in [0.1, 0.15) is 5.82 Å². The van der Waals surface area contributed by atoms with Gasteiger partial charge in [0.25, 0.3) is 11.9 Å². The van der Waals surface area contributed by atoms with E-state index >= 15 is 8.78 Å². The molecular weight excluding hydrogens is 428 g/mol. The topological polar surface area (TPSA) is 89.6 Å². The van der Waals surface area contributed by atoms with Crippen molar-refractivity contribution in [1.82, 2.24) is 4.98 Å². The van der Waals surface area contributed by atoms with E-state index in [-0.39, 0.29) is 10.7 Å². The molecule has 0 aliphatic carbocycles. The third-order valence-electron chi connectivity index (χ3n) is 4.83. The van der Waals surface area contributed by atoms with Crippen molar-refractivity contribution in [2.45, 2.75) is 37.8 Å². The fourth-order valence-electron chi connectivity index (χ4n) is 3.20. The Morgan fingerprint density at radius 3 is 2.47 bits per heavy atom. The summed E-state index contributed by atoms with van der Waals surface area (Å²) in [6.45, 7) is 3.21. The molecule has 0 radical (unpaired) electrons. The van der Waals surface area contributed by atoms with Gasteiger partial charge >= 0.3 is 5.92 Å². The Hall–Kier alpha value is -2.88. The number of amidine groups is 1. The molecule has 3 N–H and O–H groups in total. The van der Waals surface area contributed by atoms with Gasteiger partial charge in [0, 0.05) is 17.4 Å².